The summed E-state index contributed by atoms with van der Waals surface area (Å²) >= 11 is 0. The van der Waals surface area contributed by atoms with Crippen LogP contribution in [-0.4, -0.2) is 28.0 Å². The smallest absolute Gasteiger partial charge is 0.326 e. The van der Waals surface area contributed by atoms with Gasteiger partial charge in [0.15, 0.2) is 5.76 Å². The van der Waals surface area contributed by atoms with Gasteiger partial charge in [0.05, 0.1) is 0 Å². The lowest BCUT2D eigenvalue weighted by molar-refractivity contribution is -0.139. The second-order valence-electron chi connectivity index (χ2n) is 5.34. The summed E-state index contributed by atoms with van der Waals surface area (Å²) in [4.78, 5) is 26.7. The third kappa shape index (κ3) is 3.11. The Morgan fingerprint density at radius 3 is 2.74 bits per heavy atom. The lowest BCUT2D eigenvalue weighted by atomic mass is 10.0. The highest BCUT2D eigenvalue weighted by atomic mass is 16.4. The van der Waals surface area contributed by atoms with E-state index in [1.165, 1.54) is 6.07 Å². The van der Waals surface area contributed by atoms with Crippen molar-refractivity contribution in [2.24, 2.45) is 0 Å². The molecule has 1 aromatic carbocycles. The van der Waals surface area contributed by atoms with E-state index in [0.717, 1.165) is 16.5 Å². The zero-order valence-electron chi connectivity index (χ0n) is 12.5. The molecule has 0 aliphatic rings. The molecule has 0 aliphatic carbocycles. The molecule has 0 saturated heterocycles. The van der Waals surface area contributed by atoms with E-state index in [4.69, 9.17) is 4.42 Å². The molecule has 23 heavy (non-hydrogen) atoms. The zero-order chi connectivity index (χ0) is 16.4. The van der Waals surface area contributed by atoms with E-state index in [-0.39, 0.29) is 12.2 Å². The molecule has 2 heterocycles. The topological polar surface area (TPSA) is 95.3 Å². The van der Waals surface area contributed by atoms with Crippen LogP contribution in [0, 0.1) is 6.92 Å². The van der Waals surface area contributed by atoms with Gasteiger partial charge < -0.3 is 19.8 Å². The molecule has 0 radical (unpaired) electrons. The Balaban J connectivity index is 1.79. The van der Waals surface area contributed by atoms with Crippen LogP contribution < -0.4 is 5.32 Å². The minimum atomic E-state index is -1.09. The summed E-state index contributed by atoms with van der Waals surface area (Å²) in [6.07, 6.45) is 1.95. The lowest BCUT2D eigenvalue weighted by Gasteiger charge is -2.13. The number of aromatic nitrogens is 1. The highest BCUT2D eigenvalue weighted by Crippen LogP contribution is 2.19. The Hall–Kier alpha value is -3.02. The molecule has 6 heteroatoms. The molecular formula is C17H16N2O4. The summed E-state index contributed by atoms with van der Waals surface area (Å²) < 4.78 is 5.22. The first-order valence-corrected chi connectivity index (χ1v) is 7.19. The molecule has 0 saturated carbocycles. The second-order valence-corrected chi connectivity index (χ2v) is 5.34. The molecule has 1 amide bonds. The fourth-order valence-electron chi connectivity index (χ4n) is 2.51. The number of rotatable bonds is 5. The van der Waals surface area contributed by atoms with Crippen molar-refractivity contribution < 1.29 is 19.1 Å². The third-order valence-corrected chi connectivity index (χ3v) is 3.67. The molecule has 0 bridgehead atoms. The summed E-state index contributed by atoms with van der Waals surface area (Å²) in [6.45, 7) is 1.72. The number of amides is 1. The summed E-state index contributed by atoms with van der Waals surface area (Å²) in [6, 6.07) is 9.76. The van der Waals surface area contributed by atoms with E-state index < -0.39 is 17.9 Å². The van der Waals surface area contributed by atoms with Gasteiger partial charge in [-0.1, -0.05) is 18.2 Å². The summed E-state index contributed by atoms with van der Waals surface area (Å²) in [5.74, 6) is -0.927. The van der Waals surface area contributed by atoms with Gasteiger partial charge in [0.1, 0.15) is 11.8 Å². The van der Waals surface area contributed by atoms with E-state index in [0.29, 0.717) is 5.76 Å². The van der Waals surface area contributed by atoms with Gasteiger partial charge in [-0.15, -0.1) is 0 Å². The first-order valence-electron chi connectivity index (χ1n) is 7.19. The van der Waals surface area contributed by atoms with E-state index >= 15 is 0 Å². The number of aromatic amines is 1. The quantitative estimate of drug-likeness (QED) is 0.674. The van der Waals surface area contributed by atoms with Gasteiger partial charge in [0, 0.05) is 23.5 Å². The van der Waals surface area contributed by atoms with Crippen molar-refractivity contribution in [2.75, 3.05) is 0 Å². The van der Waals surface area contributed by atoms with Gasteiger partial charge in [-0.05, 0) is 30.7 Å². The number of aliphatic carboxylic acids is 1. The van der Waals surface area contributed by atoms with Crippen LogP contribution in [0.4, 0.5) is 0 Å². The van der Waals surface area contributed by atoms with Crippen molar-refractivity contribution >= 4 is 22.8 Å². The maximum Gasteiger partial charge on any atom is 0.326 e. The van der Waals surface area contributed by atoms with Gasteiger partial charge >= 0.3 is 5.97 Å². The van der Waals surface area contributed by atoms with E-state index in [9.17, 15) is 14.7 Å². The number of carbonyl (C=O) groups is 2. The molecule has 6 nitrogen and oxygen atoms in total. The number of carbonyl (C=O) groups excluding carboxylic acids is 1. The number of fused-ring (bicyclic) bond motifs is 1. The normalized spacial score (nSPS) is 12.2. The van der Waals surface area contributed by atoms with Crippen molar-refractivity contribution in [1.29, 1.82) is 0 Å². The van der Waals surface area contributed by atoms with Crippen molar-refractivity contribution in [3.8, 4) is 0 Å². The van der Waals surface area contributed by atoms with Gasteiger partial charge in [0.25, 0.3) is 5.91 Å². The Morgan fingerprint density at radius 1 is 1.26 bits per heavy atom. The molecule has 0 spiro atoms. The van der Waals surface area contributed by atoms with Crippen molar-refractivity contribution in [3.63, 3.8) is 0 Å². The first kappa shape index (κ1) is 14.9. The van der Waals surface area contributed by atoms with Crippen molar-refractivity contribution in [3.05, 3.63) is 59.7 Å². The van der Waals surface area contributed by atoms with Crippen LogP contribution >= 0.6 is 0 Å². The van der Waals surface area contributed by atoms with Gasteiger partial charge in [-0.3, -0.25) is 4.79 Å². The Kier molecular flexibility index (Phi) is 3.89. The van der Waals surface area contributed by atoms with Crippen LogP contribution in [0.3, 0.4) is 0 Å². The van der Waals surface area contributed by atoms with Crippen LogP contribution in [0.25, 0.3) is 10.9 Å². The van der Waals surface area contributed by atoms with Crippen molar-refractivity contribution in [1.82, 2.24) is 10.3 Å². The Labute approximate surface area is 132 Å². The van der Waals surface area contributed by atoms with Crippen LogP contribution in [0.15, 0.2) is 47.0 Å². The number of nitrogens with one attached hydrogen (secondary N) is 2. The number of benzene rings is 1. The number of carboxylic acid groups (broad SMARTS) is 1. The zero-order valence-corrected chi connectivity index (χ0v) is 12.5. The lowest BCUT2D eigenvalue weighted by Crippen LogP contribution is -2.42. The highest BCUT2D eigenvalue weighted by molar-refractivity contribution is 5.94. The van der Waals surface area contributed by atoms with Crippen LogP contribution in [0.5, 0.6) is 0 Å². The largest absolute Gasteiger partial charge is 0.480 e. The van der Waals surface area contributed by atoms with E-state index in [1.807, 2.05) is 24.3 Å². The third-order valence-electron chi connectivity index (χ3n) is 3.67. The predicted octanol–water partition coefficient (Wildman–Crippen LogP) is 2.50. The number of aryl methyl sites for hydroxylation is 1. The maximum absolute atomic E-state index is 12.1. The molecule has 3 N–H and O–H groups in total. The standard InChI is InChI=1S/C17H16N2O4/c1-10-6-7-15(23-10)16(20)19-14(17(21)22)8-11-9-18-13-5-3-2-4-12(11)13/h2-7,9,14,18H,8H2,1H3,(H,19,20)(H,21,22)/t14-/m0/s1. The average molecular weight is 312 g/mol. The number of hydrogen-bond acceptors (Lipinski definition) is 3. The SMILES string of the molecule is Cc1ccc(C(=O)N[C@@H](Cc2c[nH]c3ccccc23)C(=O)O)o1. The summed E-state index contributed by atoms with van der Waals surface area (Å²) in [7, 11) is 0. The first-order chi connectivity index (χ1) is 11.0. The molecule has 1 atom stereocenters. The molecular weight excluding hydrogens is 296 g/mol. The summed E-state index contributed by atoms with van der Waals surface area (Å²) in [5, 5.41) is 12.8. The van der Waals surface area contributed by atoms with E-state index in [1.54, 1.807) is 19.2 Å². The average Bonchev–Trinajstić information content (AvgIpc) is 3.13. The molecule has 118 valence electrons. The Morgan fingerprint density at radius 2 is 2.04 bits per heavy atom. The molecule has 3 rings (SSSR count). The Bertz CT molecular complexity index is 862. The monoisotopic (exact) mass is 312 g/mol. The number of para-hydroxylation sites is 1. The maximum atomic E-state index is 12.1. The molecule has 0 fully saturated rings. The fourth-order valence-corrected chi connectivity index (χ4v) is 2.51. The number of carboxylic acids is 1. The fraction of sp³-hybridized carbons (Fsp3) is 0.176. The predicted molar refractivity (Wildman–Crippen MR) is 84.3 cm³/mol. The molecule has 0 aliphatic heterocycles. The van der Waals surface area contributed by atoms with Crippen LogP contribution in [0.1, 0.15) is 21.9 Å². The van der Waals surface area contributed by atoms with Crippen LogP contribution in [0.2, 0.25) is 0 Å². The molecule has 3 aromatic rings. The minimum Gasteiger partial charge on any atom is -0.480 e. The van der Waals surface area contributed by atoms with Crippen LogP contribution in [-0.2, 0) is 11.2 Å². The minimum absolute atomic E-state index is 0.104. The number of furan rings is 1. The van der Waals surface area contributed by atoms with Gasteiger partial charge in [-0.25, -0.2) is 4.79 Å². The second kappa shape index (κ2) is 6.00. The molecule has 2 aromatic heterocycles. The van der Waals surface area contributed by atoms with Gasteiger partial charge in [0.2, 0.25) is 0 Å². The molecule has 0 unspecified atom stereocenters. The number of H-pyrrole nitrogens is 1. The number of hydrogen-bond donors (Lipinski definition) is 3. The highest BCUT2D eigenvalue weighted by Gasteiger charge is 2.23. The van der Waals surface area contributed by atoms with Gasteiger partial charge in [-0.2, -0.15) is 0 Å². The van der Waals surface area contributed by atoms with Crippen molar-refractivity contribution in [2.45, 2.75) is 19.4 Å². The summed E-state index contributed by atoms with van der Waals surface area (Å²) in [5.41, 5.74) is 1.77. The van der Waals surface area contributed by atoms with E-state index in [2.05, 4.69) is 10.3 Å².